The van der Waals surface area contributed by atoms with Gasteiger partial charge in [0, 0.05) is 12.2 Å². The van der Waals surface area contributed by atoms with Gasteiger partial charge >= 0.3 is 0 Å². The highest BCUT2D eigenvalue weighted by Gasteiger charge is 2.12. The standard InChI is InChI=1S/C20H23ClN2O3/c1-4-9-22-20(25)16-7-6-15(11-17(16)21)23-19(24)12-26-18-8-5-13(2)10-14(18)3/h5-8,10-11H,4,9,12H2,1-3H3,(H,22,25)(H,23,24). The van der Waals surface area contributed by atoms with E-state index in [-0.39, 0.29) is 23.4 Å². The molecule has 6 heteroatoms. The molecule has 138 valence electrons. The minimum atomic E-state index is -0.302. The molecule has 0 bridgehead atoms. The monoisotopic (exact) mass is 374 g/mol. The van der Waals surface area contributed by atoms with Gasteiger partial charge in [-0.05, 0) is 50.1 Å². The van der Waals surface area contributed by atoms with Gasteiger partial charge in [0.2, 0.25) is 0 Å². The van der Waals surface area contributed by atoms with Crippen molar-refractivity contribution in [3.8, 4) is 5.75 Å². The minimum Gasteiger partial charge on any atom is -0.483 e. The predicted octanol–water partition coefficient (Wildman–Crippen LogP) is 4.11. The number of carbonyl (C=O) groups is 2. The van der Waals surface area contributed by atoms with E-state index in [1.54, 1.807) is 18.2 Å². The first kappa shape index (κ1) is 19.8. The van der Waals surface area contributed by atoms with Crippen molar-refractivity contribution in [2.75, 3.05) is 18.5 Å². The van der Waals surface area contributed by atoms with Gasteiger partial charge < -0.3 is 15.4 Å². The number of halogens is 1. The second-order valence-corrected chi connectivity index (χ2v) is 6.46. The smallest absolute Gasteiger partial charge is 0.262 e. The van der Waals surface area contributed by atoms with E-state index in [1.165, 1.54) is 0 Å². The third kappa shape index (κ3) is 5.49. The van der Waals surface area contributed by atoms with E-state index in [1.807, 2.05) is 39.0 Å². The molecule has 26 heavy (non-hydrogen) atoms. The fraction of sp³-hybridized carbons (Fsp3) is 0.300. The van der Waals surface area contributed by atoms with Crippen LogP contribution in [0, 0.1) is 13.8 Å². The quantitative estimate of drug-likeness (QED) is 0.766. The Hall–Kier alpha value is -2.53. The lowest BCUT2D eigenvalue weighted by Gasteiger charge is -2.11. The van der Waals surface area contributed by atoms with Crippen LogP contribution in [0.5, 0.6) is 5.75 Å². The van der Waals surface area contributed by atoms with Crippen molar-refractivity contribution < 1.29 is 14.3 Å². The Balaban J connectivity index is 1.94. The Morgan fingerprint density at radius 1 is 1.12 bits per heavy atom. The van der Waals surface area contributed by atoms with Crippen LogP contribution in [-0.2, 0) is 4.79 Å². The van der Waals surface area contributed by atoms with Crippen molar-refractivity contribution in [3.63, 3.8) is 0 Å². The molecule has 0 spiro atoms. The SMILES string of the molecule is CCCNC(=O)c1ccc(NC(=O)COc2ccc(C)cc2C)cc1Cl. The average molecular weight is 375 g/mol. The maximum absolute atomic E-state index is 12.1. The summed E-state index contributed by atoms with van der Waals surface area (Å²) in [6.45, 7) is 6.38. The largest absolute Gasteiger partial charge is 0.483 e. The highest BCUT2D eigenvalue weighted by Crippen LogP contribution is 2.22. The van der Waals surface area contributed by atoms with Crippen LogP contribution in [0.25, 0.3) is 0 Å². The number of anilines is 1. The van der Waals surface area contributed by atoms with Crippen molar-refractivity contribution >= 4 is 29.1 Å². The van der Waals surface area contributed by atoms with Crippen LogP contribution in [0.2, 0.25) is 5.02 Å². The molecule has 0 fully saturated rings. The third-order valence-corrected chi connectivity index (χ3v) is 4.03. The van der Waals surface area contributed by atoms with Gasteiger partial charge in [-0.25, -0.2) is 0 Å². The fourth-order valence-corrected chi connectivity index (χ4v) is 2.68. The van der Waals surface area contributed by atoms with Gasteiger partial charge in [0.1, 0.15) is 5.75 Å². The molecule has 0 saturated heterocycles. The van der Waals surface area contributed by atoms with Crippen molar-refractivity contribution in [2.24, 2.45) is 0 Å². The molecule has 0 aromatic heterocycles. The molecule has 2 aromatic carbocycles. The zero-order chi connectivity index (χ0) is 19.1. The van der Waals surface area contributed by atoms with E-state index in [2.05, 4.69) is 10.6 Å². The minimum absolute atomic E-state index is 0.111. The van der Waals surface area contributed by atoms with Crippen LogP contribution in [0.1, 0.15) is 34.8 Å². The van der Waals surface area contributed by atoms with E-state index in [4.69, 9.17) is 16.3 Å². The summed E-state index contributed by atoms with van der Waals surface area (Å²) in [4.78, 5) is 24.0. The van der Waals surface area contributed by atoms with E-state index >= 15 is 0 Å². The highest BCUT2D eigenvalue weighted by atomic mass is 35.5. The molecular weight excluding hydrogens is 352 g/mol. The summed E-state index contributed by atoms with van der Waals surface area (Å²) < 4.78 is 5.55. The van der Waals surface area contributed by atoms with Crippen molar-refractivity contribution in [1.29, 1.82) is 0 Å². The second-order valence-electron chi connectivity index (χ2n) is 6.06. The van der Waals surface area contributed by atoms with Gasteiger partial charge in [-0.15, -0.1) is 0 Å². The van der Waals surface area contributed by atoms with Gasteiger partial charge in [-0.2, -0.15) is 0 Å². The lowest BCUT2D eigenvalue weighted by Crippen LogP contribution is -2.24. The Morgan fingerprint density at radius 3 is 2.54 bits per heavy atom. The van der Waals surface area contributed by atoms with Crippen LogP contribution >= 0.6 is 11.6 Å². The molecule has 0 atom stereocenters. The van der Waals surface area contributed by atoms with Crippen LogP contribution < -0.4 is 15.4 Å². The van der Waals surface area contributed by atoms with Crippen LogP contribution in [0.4, 0.5) is 5.69 Å². The van der Waals surface area contributed by atoms with Gasteiger partial charge in [0.05, 0.1) is 10.6 Å². The summed E-state index contributed by atoms with van der Waals surface area (Å²) in [7, 11) is 0. The molecular formula is C20H23ClN2O3. The van der Waals surface area contributed by atoms with Crippen molar-refractivity contribution in [2.45, 2.75) is 27.2 Å². The number of benzene rings is 2. The van der Waals surface area contributed by atoms with Crippen LogP contribution in [0.3, 0.4) is 0 Å². The summed E-state index contributed by atoms with van der Waals surface area (Å²) >= 11 is 6.15. The molecule has 2 rings (SSSR count). The summed E-state index contributed by atoms with van der Waals surface area (Å²) in [5.74, 6) is 0.142. The zero-order valence-corrected chi connectivity index (χ0v) is 15.9. The molecule has 2 N–H and O–H groups in total. The van der Waals surface area contributed by atoms with Gasteiger partial charge in [-0.1, -0.05) is 36.2 Å². The van der Waals surface area contributed by atoms with Crippen LogP contribution in [-0.4, -0.2) is 25.0 Å². The van der Waals surface area contributed by atoms with Crippen LogP contribution in [0.15, 0.2) is 36.4 Å². The molecule has 0 unspecified atom stereocenters. The first-order valence-corrected chi connectivity index (χ1v) is 8.86. The summed E-state index contributed by atoms with van der Waals surface area (Å²) in [5, 5.41) is 5.76. The average Bonchev–Trinajstić information content (AvgIpc) is 2.59. The van der Waals surface area contributed by atoms with E-state index in [9.17, 15) is 9.59 Å². The fourth-order valence-electron chi connectivity index (χ4n) is 2.41. The van der Waals surface area contributed by atoms with Gasteiger partial charge in [0.15, 0.2) is 6.61 Å². The number of amides is 2. The number of carbonyl (C=O) groups excluding carboxylic acids is 2. The van der Waals surface area contributed by atoms with E-state index in [0.717, 1.165) is 17.5 Å². The number of hydrogen-bond donors (Lipinski definition) is 2. The normalized spacial score (nSPS) is 10.3. The van der Waals surface area contributed by atoms with E-state index in [0.29, 0.717) is 23.5 Å². The Kier molecular flexibility index (Phi) is 7.04. The molecule has 2 amide bonds. The Labute approximate surface area is 158 Å². The molecule has 5 nitrogen and oxygen atoms in total. The van der Waals surface area contributed by atoms with Crippen molar-refractivity contribution in [3.05, 3.63) is 58.1 Å². The van der Waals surface area contributed by atoms with Crippen molar-refractivity contribution in [1.82, 2.24) is 5.32 Å². The van der Waals surface area contributed by atoms with E-state index < -0.39 is 0 Å². The summed E-state index contributed by atoms with van der Waals surface area (Å²) in [6, 6.07) is 10.6. The third-order valence-electron chi connectivity index (χ3n) is 3.72. The number of rotatable bonds is 7. The molecule has 0 radical (unpaired) electrons. The lowest BCUT2D eigenvalue weighted by atomic mass is 10.1. The molecule has 2 aromatic rings. The first-order chi connectivity index (χ1) is 12.4. The molecule has 0 aliphatic heterocycles. The number of aryl methyl sites for hydroxylation is 2. The topological polar surface area (TPSA) is 67.4 Å². The predicted molar refractivity (Wildman–Crippen MR) is 104 cm³/mol. The molecule has 0 saturated carbocycles. The Bertz CT molecular complexity index is 806. The number of nitrogens with one attached hydrogen (secondary N) is 2. The maximum atomic E-state index is 12.1. The zero-order valence-electron chi connectivity index (χ0n) is 15.2. The summed E-state index contributed by atoms with van der Waals surface area (Å²) in [6.07, 6.45) is 0.845. The molecule has 0 heterocycles. The lowest BCUT2D eigenvalue weighted by molar-refractivity contribution is -0.118. The number of ether oxygens (including phenoxy) is 1. The second kappa shape index (κ2) is 9.25. The highest BCUT2D eigenvalue weighted by molar-refractivity contribution is 6.34. The molecule has 0 aliphatic rings. The first-order valence-electron chi connectivity index (χ1n) is 8.48. The Morgan fingerprint density at radius 2 is 1.88 bits per heavy atom. The maximum Gasteiger partial charge on any atom is 0.262 e. The van der Waals surface area contributed by atoms with Gasteiger partial charge in [-0.3, -0.25) is 9.59 Å². The molecule has 0 aliphatic carbocycles. The number of hydrogen-bond acceptors (Lipinski definition) is 3. The summed E-state index contributed by atoms with van der Waals surface area (Å²) in [5.41, 5.74) is 3.00. The van der Waals surface area contributed by atoms with Gasteiger partial charge in [0.25, 0.3) is 11.8 Å².